The first-order chi connectivity index (χ1) is 9.95. The van der Waals surface area contributed by atoms with Gasteiger partial charge in [-0.3, -0.25) is 4.79 Å². The molecular formula is C16H28N2O3. The molecule has 5 nitrogen and oxygen atoms in total. The molecule has 2 N–H and O–H groups in total. The molecular weight excluding hydrogens is 268 g/mol. The van der Waals surface area contributed by atoms with Crippen LogP contribution in [0.2, 0.25) is 0 Å². The van der Waals surface area contributed by atoms with E-state index in [1.54, 1.807) is 4.90 Å². The molecule has 5 heteroatoms. The quantitative estimate of drug-likeness (QED) is 0.770. The minimum atomic E-state index is -0.789. The first-order valence-electron chi connectivity index (χ1n) is 8.24. The van der Waals surface area contributed by atoms with Crippen LogP contribution in [-0.4, -0.2) is 41.1 Å². The van der Waals surface area contributed by atoms with Gasteiger partial charge in [0.1, 0.15) is 0 Å². The summed E-state index contributed by atoms with van der Waals surface area (Å²) in [7, 11) is 0. The average Bonchev–Trinajstić information content (AvgIpc) is 2.63. The minimum absolute atomic E-state index is 0.0765. The zero-order valence-electron chi connectivity index (χ0n) is 13.2. The van der Waals surface area contributed by atoms with Crippen LogP contribution in [0.4, 0.5) is 4.79 Å². The molecule has 1 heterocycles. The smallest absolute Gasteiger partial charge is 0.317 e. The van der Waals surface area contributed by atoms with E-state index in [-0.39, 0.29) is 18.0 Å². The molecule has 2 rings (SSSR count). The predicted molar refractivity (Wildman–Crippen MR) is 81.0 cm³/mol. The van der Waals surface area contributed by atoms with Crippen molar-refractivity contribution >= 4 is 12.0 Å². The summed E-state index contributed by atoms with van der Waals surface area (Å²) < 4.78 is 0. The number of piperidine rings is 1. The van der Waals surface area contributed by atoms with Crippen molar-refractivity contribution in [3.63, 3.8) is 0 Å². The van der Waals surface area contributed by atoms with E-state index in [0.29, 0.717) is 19.5 Å². The Morgan fingerprint density at radius 3 is 2.52 bits per heavy atom. The van der Waals surface area contributed by atoms with Gasteiger partial charge in [-0.15, -0.1) is 0 Å². The summed E-state index contributed by atoms with van der Waals surface area (Å²) in [6.07, 6.45) is 6.33. The number of hydrogen-bond donors (Lipinski definition) is 2. The topological polar surface area (TPSA) is 69.6 Å². The van der Waals surface area contributed by atoms with Crippen molar-refractivity contribution in [3.05, 3.63) is 0 Å². The molecule has 1 aliphatic carbocycles. The molecule has 4 unspecified atom stereocenters. The van der Waals surface area contributed by atoms with E-state index < -0.39 is 11.9 Å². The Hall–Kier alpha value is -1.26. The first kappa shape index (κ1) is 16.1. The monoisotopic (exact) mass is 296 g/mol. The minimum Gasteiger partial charge on any atom is -0.481 e. The number of amides is 2. The highest BCUT2D eigenvalue weighted by molar-refractivity contribution is 5.76. The molecule has 1 saturated carbocycles. The maximum atomic E-state index is 12.4. The second-order valence-electron chi connectivity index (χ2n) is 7.04. The normalized spacial score (nSPS) is 34.1. The maximum absolute atomic E-state index is 12.4. The van der Waals surface area contributed by atoms with E-state index >= 15 is 0 Å². The van der Waals surface area contributed by atoms with Crippen LogP contribution < -0.4 is 5.32 Å². The Bertz CT molecular complexity index is 386. The van der Waals surface area contributed by atoms with Crippen molar-refractivity contribution in [3.8, 4) is 0 Å². The molecule has 0 aromatic heterocycles. The van der Waals surface area contributed by atoms with Gasteiger partial charge in [0.05, 0.1) is 5.92 Å². The van der Waals surface area contributed by atoms with Gasteiger partial charge in [-0.25, -0.2) is 4.79 Å². The molecule has 0 aromatic carbocycles. The van der Waals surface area contributed by atoms with E-state index in [2.05, 4.69) is 12.2 Å². The number of hydrogen-bond acceptors (Lipinski definition) is 2. The Labute approximate surface area is 127 Å². The van der Waals surface area contributed by atoms with Gasteiger partial charge in [-0.05, 0) is 37.5 Å². The lowest BCUT2D eigenvalue weighted by atomic mass is 9.91. The third-order valence-corrected chi connectivity index (χ3v) is 4.88. The lowest BCUT2D eigenvalue weighted by Crippen LogP contribution is -2.51. The Morgan fingerprint density at radius 1 is 1.05 bits per heavy atom. The van der Waals surface area contributed by atoms with E-state index in [0.717, 1.165) is 18.8 Å². The summed E-state index contributed by atoms with van der Waals surface area (Å²) in [6.45, 7) is 5.30. The van der Waals surface area contributed by atoms with Crippen LogP contribution in [0.3, 0.4) is 0 Å². The molecule has 2 aliphatic rings. The summed E-state index contributed by atoms with van der Waals surface area (Å²) in [4.78, 5) is 25.3. The van der Waals surface area contributed by atoms with Crippen LogP contribution in [0.5, 0.6) is 0 Å². The van der Waals surface area contributed by atoms with Crippen molar-refractivity contribution in [1.82, 2.24) is 10.2 Å². The van der Waals surface area contributed by atoms with E-state index in [9.17, 15) is 14.7 Å². The van der Waals surface area contributed by atoms with Crippen LogP contribution in [0.1, 0.15) is 52.4 Å². The van der Waals surface area contributed by atoms with Crippen LogP contribution in [0.15, 0.2) is 0 Å². The molecule has 0 aromatic rings. The number of carboxylic acid groups (broad SMARTS) is 1. The van der Waals surface area contributed by atoms with Crippen LogP contribution in [0, 0.1) is 17.8 Å². The SMILES string of the molecule is CC1CCCC(NC(=O)N2CC(C)CC(C(=O)O)C2)CC1. The van der Waals surface area contributed by atoms with Gasteiger partial charge in [0.2, 0.25) is 0 Å². The maximum Gasteiger partial charge on any atom is 0.317 e. The molecule has 0 bridgehead atoms. The molecule has 1 aliphatic heterocycles. The molecule has 2 amide bonds. The second kappa shape index (κ2) is 7.14. The number of carbonyl (C=O) groups is 2. The zero-order valence-corrected chi connectivity index (χ0v) is 13.2. The lowest BCUT2D eigenvalue weighted by molar-refractivity contribution is -0.143. The first-order valence-corrected chi connectivity index (χ1v) is 8.24. The van der Waals surface area contributed by atoms with Crippen molar-refractivity contribution in [2.45, 2.75) is 58.4 Å². The van der Waals surface area contributed by atoms with Gasteiger partial charge < -0.3 is 15.3 Å². The average molecular weight is 296 g/mol. The Morgan fingerprint density at radius 2 is 1.81 bits per heavy atom. The number of nitrogens with one attached hydrogen (secondary N) is 1. The highest BCUT2D eigenvalue weighted by atomic mass is 16.4. The van der Waals surface area contributed by atoms with Gasteiger partial charge >= 0.3 is 12.0 Å². The van der Waals surface area contributed by atoms with Gasteiger partial charge in [-0.2, -0.15) is 0 Å². The van der Waals surface area contributed by atoms with E-state index in [4.69, 9.17) is 0 Å². The van der Waals surface area contributed by atoms with Gasteiger partial charge in [0.15, 0.2) is 0 Å². The van der Waals surface area contributed by atoms with Crippen LogP contribution in [-0.2, 0) is 4.79 Å². The van der Waals surface area contributed by atoms with Gasteiger partial charge in [0, 0.05) is 19.1 Å². The van der Waals surface area contributed by atoms with Crippen molar-refractivity contribution in [2.75, 3.05) is 13.1 Å². The Kier molecular flexibility index (Phi) is 5.48. The highest BCUT2D eigenvalue weighted by Crippen LogP contribution is 2.24. The lowest BCUT2D eigenvalue weighted by Gasteiger charge is -2.35. The van der Waals surface area contributed by atoms with E-state index in [1.165, 1.54) is 19.3 Å². The molecule has 120 valence electrons. The molecule has 4 atom stereocenters. The van der Waals surface area contributed by atoms with Crippen LogP contribution in [0.25, 0.3) is 0 Å². The molecule has 0 spiro atoms. The number of carboxylic acids is 1. The standard InChI is InChI=1S/C16H28N2O3/c1-11-4-3-5-14(7-6-11)17-16(21)18-9-12(2)8-13(10-18)15(19)20/h11-14H,3-10H2,1-2H3,(H,17,21)(H,19,20). The van der Waals surface area contributed by atoms with Crippen molar-refractivity contribution in [1.29, 1.82) is 0 Å². The zero-order chi connectivity index (χ0) is 15.4. The van der Waals surface area contributed by atoms with Crippen molar-refractivity contribution < 1.29 is 14.7 Å². The predicted octanol–water partition coefficient (Wildman–Crippen LogP) is 2.71. The number of urea groups is 1. The number of nitrogens with zero attached hydrogens (tertiary/aromatic N) is 1. The third-order valence-electron chi connectivity index (χ3n) is 4.88. The largest absolute Gasteiger partial charge is 0.481 e. The molecule has 21 heavy (non-hydrogen) atoms. The molecule has 2 fully saturated rings. The highest BCUT2D eigenvalue weighted by Gasteiger charge is 2.32. The number of aliphatic carboxylic acids is 1. The second-order valence-corrected chi connectivity index (χ2v) is 7.04. The van der Waals surface area contributed by atoms with Crippen molar-refractivity contribution in [2.24, 2.45) is 17.8 Å². The molecule has 0 radical (unpaired) electrons. The summed E-state index contributed by atoms with van der Waals surface area (Å²) in [6, 6.07) is 0.176. The number of carbonyl (C=O) groups excluding carboxylic acids is 1. The third kappa shape index (κ3) is 4.61. The van der Waals surface area contributed by atoms with Crippen LogP contribution >= 0.6 is 0 Å². The fourth-order valence-electron chi connectivity index (χ4n) is 3.59. The Balaban J connectivity index is 1.88. The summed E-state index contributed by atoms with van der Waals surface area (Å²) in [5.41, 5.74) is 0. The fourth-order valence-corrected chi connectivity index (χ4v) is 3.59. The van der Waals surface area contributed by atoms with E-state index in [1.807, 2.05) is 6.92 Å². The fraction of sp³-hybridized carbons (Fsp3) is 0.875. The summed E-state index contributed by atoms with van der Waals surface area (Å²) in [5.74, 6) is -0.214. The van der Waals surface area contributed by atoms with Gasteiger partial charge in [-0.1, -0.05) is 26.7 Å². The number of likely N-dealkylation sites (tertiary alicyclic amines) is 1. The number of rotatable bonds is 2. The molecule has 1 saturated heterocycles. The van der Waals surface area contributed by atoms with Gasteiger partial charge in [0.25, 0.3) is 0 Å². The summed E-state index contributed by atoms with van der Waals surface area (Å²) in [5, 5.41) is 12.3. The summed E-state index contributed by atoms with van der Waals surface area (Å²) >= 11 is 0.